The zero-order chi connectivity index (χ0) is 46.4. The number of carboxylic acids is 4. The minimum Gasteiger partial charge on any atom is -0.507 e. The third-order valence-electron chi connectivity index (χ3n) is 5.99. The van der Waals surface area contributed by atoms with Gasteiger partial charge in [0, 0.05) is 58.0 Å². The van der Waals surface area contributed by atoms with E-state index in [1.807, 2.05) is 0 Å². The predicted molar refractivity (Wildman–Crippen MR) is 198 cm³/mol. The van der Waals surface area contributed by atoms with Crippen LogP contribution >= 0.6 is 0 Å². The smallest absolute Gasteiger partial charge is 0.339 e. The van der Waals surface area contributed by atoms with E-state index in [-0.39, 0.29) is 58.0 Å². The van der Waals surface area contributed by atoms with Crippen LogP contribution in [-0.4, -0.2) is 180 Å². The van der Waals surface area contributed by atoms with E-state index in [1.165, 1.54) is 0 Å². The monoisotopic (exact) mass is 957 g/mol. The summed E-state index contributed by atoms with van der Waals surface area (Å²) in [5, 5.41) is 77.7. The van der Waals surface area contributed by atoms with Gasteiger partial charge >= 0.3 is 23.9 Å². The van der Waals surface area contributed by atoms with Crippen LogP contribution < -0.4 is 0 Å². The van der Waals surface area contributed by atoms with Crippen LogP contribution in [0.5, 0.6) is 23.0 Å². The van der Waals surface area contributed by atoms with Crippen LogP contribution in [0.4, 0.5) is 0 Å². The van der Waals surface area contributed by atoms with Gasteiger partial charge in [-0.3, -0.25) is 18.2 Å². The molecular formula is C30H30KO25S4. The second-order valence-electron chi connectivity index (χ2n) is 10.2. The average molecular weight is 958 g/mol. The summed E-state index contributed by atoms with van der Waals surface area (Å²) >= 11 is 0. The van der Waals surface area contributed by atoms with Crippen molar-refractivity contribution in [3.8, 4) is 23.0 Å². The first kappa shape index (κ1) is 57.3. The van der Waals surface area contributed by atoms with Gasteiger partial charge in [0.1, 0.15) is 45.3 Å². The molecule has 13 N–H and O–H groups in total. The molecule has 0 aliphatic heterocycles. The Hall–Kier alpha value is -4.80. The van der Waals surface area contributed by atoms with Gasteiger partial charge in [-0.05, 0) is 79.7 Å². The van der Waals surface area contributed by atoms with E-state index in [9.17, 15) is 52.8 Å². The molecule has 4 rings (SSSR count). The van der Waals surface area contributed by atoms with Gasteiger partial charge in [-0.2, -0.15) is 33.7 Å². The minimum absolute atomic E-state index is 0. The second-order valence-corrected chi connectivity index (χ2v) is 15.8. The number of aliphatic hydroxyl groups is 1. The van der Waals surface area contributed by atoms with Crippen LogP contribution in [0.25, 0.3) is 0 Å². The summed E-state index contributed by atoms with van der Waals surface area (Å²) in [4.78, 5) is 39.6. The van der Waals surface area contributed by atoms with Crippen molar-refractivity contribution in [2.45, 2.75) is 26.5 Å². The van der Waals surface area contributed by atoms with Crippen molar-refractivity contribution in [1.82, 2.24) is 0 Å². The molecule has 0 saturated heterocycles. The quantitative estimate of drug-likeness (QED) is 0.0864. The molecule has 0 unspecified atom stereocenters. The zero-order valence-electron chi connectivity index (χ0n) is 30.0. The number of aliphatic hydroxyl groups excluding tert-OH is 1. The Morgan fingerprint density at radius 1 is 0.400 bits per heavy atom. The maximum absolute atomic E-state index is 10.6. The molecule has 60 heavy (non-hydrogen) atoms. The first-order chi connectivity index (χ1) is 26.7. The number of aromatic carboxylic acids is 4. The van der Waals surface area contributed by atoms with Gasteiger partial charge < -0.3 is 46.0 Å². The fourth-order valence-electron chi connectivity index (χ4n) is 3.39. The number of rotatable bonds is 8. The Kier molecular flexibility index (Phi) is 22.8. The summed E-state index contributed by atoms with van der Waals surface area (Å²) in [7, 11) is -17.8. The SMILES string of the molecule is CCO.O=C(O)c1cc(S(=O)(=O)O)ccc1O.O=C(O)c1cc(S(=O)(=O)O)ccc1O.O=C(O)c1cc(S(=O)(=O)O)ccc1O.O=C(O)c1cc(S(=O)(=O)O)ccc1O.[K]. The largest absolute Gasteiger partial charge is 0.507 e. The van der Waals surface area contributed by atoms with Crippen LogP contribution in [0.2, 0.25) is 0 Å². The third kappa shape index (κ3) is 19.1. The summed E-state index contributed by atoms with van der Waals surface area (Å²) in [6.45, 7) is 1.93. The molecule has 0 fully saturated rings. The number of aromatic hydroxyl groups is 4. The third-order valence-corrected chi connectivity index (χ3v) is 9.38. The van der Waals surface area contributed by atoms with Crippen molar-refractivity contribution >= 4 is 116 Å². The number of hydrogen-bond donors (Lipinski definition) is 13. The van der Waals surface area contributed by atoms with Gasteiger partial charge in [0.15, 0.2) is 0 Å². The summed E-state index contributed by atoms with van der Waals surface area (Å²) in [5.74, 6) is -8.17. The molecular weight excluding hydrogens is 928 g/mol. The first-order valence-electron chi connectivity index (χ1n) is 14.5. The van der Waals surface area contributed by atoms with Crippen molar-refractivity contribution in [2.24, 2.45) is 0 Å². The molecule has 25 nitrogen and oxygen atoms in total. The van der Waals surface area contributed by atoms with E-state index in [4.69, 9.17) is 64.2 Å². The van der Waals surface area contributed by atoms with E-state index < -0.39 is 129 Å². The molecule has 0 saturated carbocycles. The minimum atomic E-state index is -4.45. The summed E-state index contributed by atoms with van der Waals surface area (Å²) < 4.78 is 119. The number of carboxylic acid groups (broad SMARTS) is 4. The van der Waals surface area contributed by atoms with E-state index >= 15 is 0 Å². The van der Waals surface area contributed by atoms with Gasteiger partial charge in [-0.1, -0.05) is 0 Å². The van der Waals surface area contributed by atoms with Crippen LogP contribution in [-0.2, 0) is 40.5 Å². The van der Waals surface area contributed by atoms with Gasteiger partial charge in [0.25, 0.3) is 40.5 Å². The average Bonchev–Trinajstić information content (AvgIpc) is 3.07. The van der Waals surface area contributed by atoms with E-state index in [2.05, 4.69) is 0 Å². The molecule has 4 aromatic carbocycles. The van der Waals surface area contributed by atoms with Crippen molar-refractivity contribution in [1.29, 1.82) is 0 Å². The molecule has 0 aliphatic rings. The summed E-state index contributed by atoms with van der Waals surface area (Å²) in [6.07, 6.45) is 0. The normalized spacial score (nSPS) is 10.8. The second kappa shape index (κ2) is 23.8. The molecule has 30 heteroatoms. The topological polar surface area (TPSA) is 468 Å². The van der Waals surface area contributed by atoms with Crippen molar-refractivity contribution in [2.75, 3.05) is 6.61 Å². The zero-order valence-corrected chi connectivity index (χ0v) is 36.4. The maximum Gasteiger partial charge on any atom is 0.339 e. The van der Waals surface area contributed by atoms with Gasteiger partial charge in [-0.25, -0.2) is 19.2 Å². The van der Waals surface area contributed by atoms with Gasteiger partial charge in [0.2, 0.25) is 0 Å². The molecule has 0 amide bonds. The number of benzene rings is 4. The van der Waals surface area contributed by atoms with Gasteiger partial charge in [0.05, 0.1) is 19.6 Å². The molecule has 0 atom stereocenters. The van der Waals surface area contributed by atoms with Crippen molar-refractivity contribution in [3.63, 3.8) is 0 Å². The molecule has 0 bridgehead atoms. The summed E-state index contributed by atoms with van der Waals surface area (Å²) in [6, 6.07) is 9.82. The number of hydrogen-bond acceptors (Lipinski definition) is 17. The number of carbonyl (C=O) groups is 4. The Bertz CT molecular complexity index is 2290. The van der Waals surface area contributed by atoms with E-state index in [1.54, 1.807) is 6.92 Å². The molecule has 4 aromatic rings. The fraction of sp³-hybridized carbons (Fsp3) is 0.0667. The first-order valence-corrected chi connectivity index (χ1v) is 20.2. The van der Waals surface area contributed by atoms with Crippen LogP contribution in [0.15, 0.2) is 92.4 Å². The fourth-order valence-corrected chi connectivity index (χ4v) is 5.41. The van der Waals surface area contributed by atoms with Crippen molar-refractivity contribution < 1.29 is 117 Å². The van der Waals surface area contributed by atoms with Crippen LogP contribution in [0.1, 0.15) is 48.4 Å². The Balaban J connectivity index is 0. The predicted octanol–water partition coefficient (Wildman–Crippen LogP) is 0.966. The van der Waals surface area contributed by atoms with Gasteiger partial charge in [-0.15, -0.1) is 0 Å². The van der Waals surface area contributed by atoms with Crippen LogP contribution in [0.3, 0.4) is 0 Å². The molecule has 0 aromatic heterocycles. The standard InChI is InChI=1S/4C7H6O6S.C2H6O.K/c4*8-6-2-1-4(14(11,12)13)3-5(6)7(9)10;1-2-3;/h4*1-3,8H,(H,9,10)(H,11,12,13);3H,2H2,1H3;. The van der Waals surface area contributed by atoms with Crippen LogP contribution in [0, 0.1) is 0 Å². The molecule has 1 radical (unpaired) electrons. The molecule has 0 spiro atoms. The Labute approximate surface area is 380 Å². The molecule has 325 valence electrons. The molecule has 0 heterocycles. The van der Waals surface area contributed by atoms with E-state index in [0.29, 0.717) is 24.3 Å². The van der Waals surface area contributed by atoms with E-state index in [0.717, 1.165) is 48.5 Å². The molecule has 0 aliphatic carbocycles. The Morgan fingerprint density at radius 3 is 0.633 bits per heavy atom. The number of phenols is 4. The maximum atomic E-state index is 10.6. The summed E-state index contributed by atoms with van der Waals surface area (Å²) in [5.41, 5.74) is -2.33. The Morgan fingerprint density at radius 2 is 0.533 bits per heavy atom. The van der Waals surface area contributed by atoms with Crippen molar-refractivity contribution in [3.05, 3.63) is 95.1 Å².